The molecule has 0 saturated carbocycles. The number of benzene rings is 9. The number of fused-ring (bicyclic) bond motifs is 6. The fourth-order valence-corrected chi connectivity index (χ4v) is 10.2. The largest absolute Gasteiger partial charge is 0.455 e. The second kappa shape index (κ2) is 15.6. The third-order valence-corrected chi connectivity index (χ3v) is 13.2. The van der Waals surface area contributed by atoms with Gasteiger partial charge in [0, 0.05) is 33.4 Å². The van der Waals surface area contributed by atoms with E-state index in [4.69, 9.17) is 4.42 Å². The summed E-state index contributed by atoms with van der Waals surface area (Å²) in [4.78, 5) is 2.40. The molecule has 298 valence electrons. The molecule has 0 saturated heterocycles. The lowest BCUT2D eigenvalue weighted by atomic mass is 9.67. The zero-order valence-electron chi connectivity index (χ0n) is 35.1. The minimum atomic E-state index is -0.472. The van der Waals surface area contributed by atoms with Crippen LogP contribution in [0.1, 0.15) is 60.4 Å². The molecule has 9 aromatic carbocycles. The first kappa shape index (κ1) is 37.6. The maximum Gasteiger partial charge on any atom is 0.143 e. The van der Waals surface area contributed by atoms with Crippen molar-refractivity contribution in [1.82, 2.24) is 0 Å². The average molecular weight is 798 g/mol. The summed E-state index contributed by atoms with van der Waals surface area (Å²) < 4.78 is 6.47. The fraction of sp³-hybridized carbons (Fsp3) is 0.100. The van der Waals surface area contributed by atoms with E-state index in [0.29, 0.717) is 5.92 Å². The van der Waals surface area contributed by atoms with Gasteiger partial charge in [0.2, 0.25) is 0 Å². The monoisotopic (exact) mass is 797 g/mol. The van der Waals surface area contributed by atoms with E-state index >= 15 is 0 Å². The molecule has 0 spiro atoms. The maximum absolute atomic E-state index is 6.47. The van der Waals surface area contributed by atoms with Gasteiger partial charge in [-0.15, -0.1) is 0 Å². The van der Waals surface area contributed by atoms with Crippen LogP contribution in [0.3, 0.4) is 0 Å². The highest BCUT2D eigenvalue weighted by atomic mass is 16.3. The lowest BCUT2D eigenvalue weighted by Crippen LogP contribution is -2.28. The van der Waals surface area contributed by atoms with E-state index in [1.165, 1.54) is 62.9 Å². The van der Waals surface area contributed by atoms with Crippen LogP contribution in [0, 0.1) is 0 Å². The van der Waals surface area contributed by atoms with Crippen LogP contribution >= 0.6 is 0 Å². The normalized spacial score (nSPS) is 14.7. The zero-order valence-corrected chi connectivity index (χ0v) is 35.1. The highest BCUT2D eigenvalue weighted by Gasteiger charge is 2.46. The fourth-order valence-electron chi connectivity index (χ4n) is 10.2. The van der Waals surface area contributed by atoms with Crippen LogP contribution < -0.4 is 4.90 Å². The molecule has 0 fully saturated rings. The lowest BCUT2D eigenvalue weighted by molar-refractivity contribution is 0.663. The summed E-state index contributed by atoms with van der Waals surface area (Å²) >= 11 is 0. The van der Waals surface area contributed by atoms with E-state index in [2.05, 4.69) is 225 Å². The van der Waals surface area contributed by atoms with Crippen molar-refractivity contribution in [2.75, 3.05) is 4.90 Å². The Hall–Kier alpha value is -7.42. The van der Waals surface area contributed by atoms with E-state index in [-0.39, 0.29) is 0 Å². The van der Waals surface area contributed by atoms with Crippen molar-refractivity contribution in [2.24, 2.45) is 0 Å². The second-order valence-corrected chi connectivity index (χ2v) is 16.8. The second-order valence-electron chi connectivity index (χ2n) is 16.8. The van der Waals surface area contributed by atoms with Crippen molar-refractivity contribution in [1.29, 1.82) is 0 Å². The van der Waals surface area contributed by atoms with Gasteiger partial charge in [-0.3, -0.25) is 0 Å². The van der Waals surface area contributed by atoms with Crippen molar-refractivity contribution in [3.63, 3.8) is 0 Å². The number of nitrogens with zero attached hydrogens (tertiary/aromatic N) is 1. The molecule has 1 aliphatic rings. The third-order valence-electron chi connectivity index (χ3n) is 13.2. The Balaban J connectivity index is 1.07. The molecule has 0 aliphatic heterocycles. The molecule has 11 rings (SSSR count). The van der Waals surface area contributed by atoms with E-state index in [9.17, 15) is 0 Å². The zero-order chi connectivity index (χ0) is 41.6. The van der Waals surface area contributed by atoms with E-state index < -0.39 is 5.41 Å². The van der Waals surface area contributed by atoms with Gasteiger partial charge in [0.05, 0.1) is 5.41 Å². The first-order chi connectivity index (χ1) is 30.6. The Bertz CT molecular complexity index is 3180. The highest BCUT2D eigenvalue weighted by Crippen LogP contribution is 2.57. The summed E-state index contributed by atoms with van der Waals surface area (Å²) in [6.07, 6.45) is 2.36. The molecule has 1 aliphatic carbocycles. The Morgan fingerprint density at radius 2 is 1.02 bits per heavy atom. The molecular formula is C60H47NO. The van der Waals surface area contributed by atoms with Crippen molar-refractivity contribution in [3.8, 4) is 33.4 Å². The summed E-state index contributed by atoms with van der Waals surface area (Å²) in [7, 11) is 0. The summed E-state index contributed by atoms with van der Waals surface area (Å²) in [5.41, 5.74) is 18.3. The van der Waals surface area contributed by atoms with Crippen LogP contribution in [0.5, 0.6) is 0 Å². The minimum Gasteiger partial charge on any atom is -0.455 e. The Kier molecular flexibility index (Phi) is 9.43. The summed E-state index contributed by atoms with van der Waals surface area (Å²) in [5.74, 6) is 0.521. The molecule has 2 nitrogen and oxygen atoms in total. The smallest absolute Gasteiger partial charge is 0.143 e. The minimum absolute atomic E-state index is 0.472. The van der Waals surface area contributed by atoms with Crippen molar-refractivity contribution >= 4 is 39.0 Å². The standard InChI is InChI=1S/C60H47NO/c1-3-15-41(2)42-26-32-47(33-27-42)60(46-18-8-5-9-19-46)56-24-12-10-20-52(56)55-40-50(38-39-57(55)60)61(48-34-28-44(29-35-48)43-16-6-4-7-17-43)49-36-30-45(31-37-49)51-22-14-23-54-53-21-11-13-25-58(53)62-59(51)54/h4-14,16-41H,3,15H2,1-2H3/t41-,60?/m0/s1. The van der Waals surface area contributed by atoms with Gasteiger partial charge in [0.25, 0.3) is 0 Å². The highest BCUT2D eigenvalue weighted by molar-refractivity contribution is 6.09. The van der Waals surface area contributed by atoms with Gasteiger partial charge in [-0.05, 0) is 110 Å². The number of furan rings is 1. The van der Waals surface area contributed by atoms with Gasteiger partial charge < -0.3 is 9.32 Å². The van der Waals surface area contributed by atoms with Gasteiger partial charge in [0.15, 0.2) is 0 Å². The number of rotatable bonds is 10. The molecular weight excluding hydrogens is 751 g/mol. The summed E-state index contributed by atoms with van der Waals surface area (Å²) in [6, 6.07) is 80.1. The van der Waals surface area contributed by atoms with E-state index in [1.807, 2.05) is 12.1 Å². The van der Waals surface area contributed by atoms with Crippen LogP contribution in [0.25, 0.3) is 55.3 Å². The molecule has 1 aromatic heterocycles. The summed E-state index contributed by atoms with van der Waals surface area (Å²) in [6.45, 7) is 4.62. The molecule has 0 N–H and O–H groups in total. The van der Waals surface area contributed by atoms with Crippen molar-refractivity contribution in [3.05, 3.63) is 246 Å². The molecule has 0 bridgehead atoms. The van der Waals surface area contributed by atoms with E-state index in [0.717, 1.165) is 50.1 Å². The molecule has 10 aromatic rings. The molecule has 1 heterocycles. The molecule has 1 unspecified atom stereocenters. The Labute approximate surface area is 364 Å². The summed E-state index contributed by atoms with van der Waals surface area (Å²) in [5, 5.41) is 2.27. The van der Waals surface area contributed by atoms with Gasteiger partial charge in [0.1, 0.15) is 11.2 Å². The Morgan fingerprint density at radius 3 is 1.76 bits per heavy atom. The maximum atomic E-state index is 6.47. The third kappa shape index (κ3) is 6.17. The molecule has 0 radical (unpaired) electrons. The van der Waals surface area contributed by atoms with Crippen molar-refractivity contribution in [2.45, 2.75) is 38.0 Å². The average Bonchev–Trinajstić information content (AvgIpc) is 3.87. The predicted octanol–water partition coefficient (Wildman–Crippen LogP) is 16.7. The van der Waals surface area contributed by atoms with Gasteiger partial charge >= 0.3 is 0 Å². The number of para-hydroxylation sites is 2. The van der Waals surface area contributed by atoms with E-state index in [1.54, 1.807) is 0 Å². The predicted molar refractivity (Wildman–Crippen MR) is 260 cm³/mol. The van der Waals surface area contributed by atoms with Gasteiger partial charge in [-0.2, -0.15) is 0 Å². The van der Waals surface area contributed by atoms with Crippen LogP contribution in [0.2, 0.25) is 0 Å². The number of anilines is 3. The molecule has 62 heavy (non-hydrogen) atoms. The number of hydrogen-bond acceptors (Lipinski definition) is 2. The van der Waals surface area contributed by atoms with Gasteiger partial charge in [-0.1, -0.05) is 196 Å². The van der Waals surface area contributed by atoms with Crippen LogP contribution in [0.4, 0.5) is 17.1 Å². The van der Waals surface area contributed by atoms with Crippen LogP contribution in [-0.4, -0.2) is 0 Å². The lowest BCUT2D eigenvalue weighted by Gasteiger charge is -2.34. The van der Waals surface area contributed by atoms with Crippen molar-refractivity contribution < 1.29 is 4.42 Å². The Morgan fingerprint density at radius 1 is 0.452 bits per heavy atom. The quantitative estimate of drug-likeness (QED) is 0.137. The van der Waals surface area contributed by atoms with Gasteiger partial charge in [-0.25, -0.2) is 0 Å². The van der Waals surface area contributed by atoms with Crippen LogP contribution in [0.15, 0.2) is 223 Å². The first-order valence-electron chi connectivity index (χ1n) is 22.0. The topological polar surface area (TPSA) is 16.4 Å². The molecule has 2 heteroatoms. The first-order valence-corrected chi connectivity index (χ1v) is 22.0. The molecule has 0 amide bonds. The number of hydrogen-bond donors (Lipinski definition) is 0. The molecule has 2 atom stereocenters. The SMILES string of the molecule is CCC[C@H](C)c1ccc(C2(c3ccccc3)c3ccccc3-c3cc(N(c4ccc(-c5ccccc5)cc4)c4ccc(-c5cccc6c5oc5ccccc56)cc4)ccc32)cc1. The van der Waals surface area contributed by atoms with Crippen LogP contribution in [-0.2, 0) is 5.41 Å².